The van der Waals surface area contributed by atoms with E-state index in [9.17, 15) is 4.79 Å². The molecule has 4 heteroatoms. The maximum Gasteiger partial charge on any atom is 0.256 e. The largest absolute Gasteiger partial charge is 0.497 e. The van der Waals surface area contributed by atoms with Crippen molar-refractivity contribution >= 4 is 23.2 Å². The Hall–Kier alpha value is -2.49. The molecule has 0 unspecified atom stereocenters. The number of carbonyl (C=O) groups excluding carboxylic acids is 1. The number of rotatable bonds is 2. The first-order chi connectivity index (χ1) is 9.17. The highest BCUT2D eigenvalue weighted by Crippen LogP contribution is 2.35. The van der Waals surface area contributed by atoms with Crippen LogP contribution in [0.3, 0.4) is 0 Å². The fraction of sp³-hybridized carbons (Fsp3) is 0.133. The molecule has 2 heterocycles. The second-order valence-corrected chi connectivity index (χ2v) is 4.56. The van der Waals surface area contributed by atoms with Gasteiger partial charge in [0.1, 0.15) is 5.75 Å². The van der Waals surface area contributed by atoms with E-state index in [0.717, 1.165) is 28.3 Å². The number of H-pyrrole nitrogens is 1. The van der Waals surface area contributed by atoms with Gasteiger partial charge in [0.05, 0.1) is 12.7 Å². The van der Waals surface area contributed by atoms with E-state index in [2.05, 4.69) is 10.3 Å². The number of anilines is 1. The molecule has 0 atom stereocenters. The first-order valence-electron chi connectivity index (χ1n) is 6.04. The second kappa shape index (κ2) is 4.31. The van der Waals surface area contributed by atoms with E-state index >= 15 is 0 Å². The molecule has 3 rings (SSSR count). The number of ether oxygens (including phenoxy) is 1. The number of amides is 1. The molecule has 0 fully saturated rings. The van der Waals surface area contributed by atoms with Crippen molar-refractivity contribution in [1.29, 1.82) is 0 Å². The van der Waals surface area contributed by atoms with Crippen LogP contribution < -0.4 is 10.1 Å². The topological polar surface area (TPSA) is 54.1 Å². The Balaban J connectivity index is 2.08. The number of benzene rings is 1. The van der Waals surface area contributed by atoms with E-state index in [1.807, 2.05) is 43.5 Å². The van der Waals surface area contributed by atoms with Crippen molar-refractivity contribution in [3.05, 3.63) is 47.3 Å². The van der Waals surface area contributed by atoms with E-state index in [1.165, 1.54) is 0 Å². The summed E-state index contributed by atoms with van der Waals surface area (Å²) < 4.78 is 5.20. The van der Waals surface area contributed by atoms with Gasteiger partial charge in [-0.1, -0.05) is 0 Å². The highest BCUT2D eigenvalue weighted by molar-refractivity contribution is 6.34. The molecule has 1 aromatic carbocycles. The van der Waals surface area contributed by atoms with Gasteiger partial charge in [-0.05, 0) is 42.8 Å². The van der Waals surface area contributed by atoms with Crippen LogP contribution >= 0.6 is 0 Å². The van der Waals surface area contributed by atoms with Crippen molar-refractivity contribution in [1.82, 2.24) is 4.98 Å². The predicted octanol–water partition coefficient (Wildman–Crippen LogP) is 2.82. The van der Waals surface area contributed by atoms with Crippen LogP contribution in [0, 0.1) is 6.92 Å². The molecule has 4 nitrogen and oxygen atoms in total. The van der Waals surface area contributed by atoms with E-state index in [1.54, 1.807) is 7.11 Å². The van der Waals surface area contributed by atoms with Crippen LogP contribution in [0.25, 0.3) is 11.6 Å². The summed E-state index contributed by atoms with van der Waals surface area (Å²) in [6, 6.07) is 7.56. The van der Waals surface area contributed by atoms with Crippen molar-refractivity contribution in [3.8, 4) is 5.75 Å². The molecule has 2 aromatic rings. The van der Waals surface area contributed by atoms with Crippen molar-refractivity contribution in [2.24, 2.45) is 0 Å². The molecule has 0 saturated heterocycles. The molecule has 96 valence electrons. The van der Waals surface area contributed by atoms with Crippen LogP contribution in [0.1, 0.15) is 16.8 Å². The zero-order valence-corrected chi connectivity index (χ0v) is 10.8. The third kappa shape index (κ3) is 2.01. The Bertz CT molecular complexity index is 683. The lowest BCUT2D eigenvalue weighted by atomic mass is 10.1. The minimum Gasteiger partial charge on any atom is -0.497 e. The molecule has 0 saturated carbocycles. The molecule has 1 aromatic heterocycles. The number of methoxy groups -OCH3 is 1. The average Bonchev–Trinajstić information content (AvgIpc) is 2.94. The van der Waals surface area contributed by atoms with Crippen LogP contribution in [-0.4, -0.2) is 18.0 Å². The van der Waals surface area contributed by atoms with Crippen LogP contribution in [0.4, 0.5) is 5.69 Å². The number of hydrogen-bond acceptors (Lipinski definition) is 2. The molecule has 0 bridgehead atoms. The molecule has 0 radical (unpaired) electrons. The lowest BCUT2D eigenvalue weighted by Crippen LogP contribution is -2.03. The van der Waals surface area contributed by atoms with E-state index < -0.39 is 0 Å². The molecular weight excluding hydrogens is 240 g/mol. The van der Waals surface area contributed by atoms with Gasteiger partial charge in [0.2, 0.25) is 0 Å². The van der Waals surface area contributed by atoms with Crippen molar-refractivity contribution < 1.29 is 9.53 Å². The Labute approximate surface area is 111 Å². The SMILES string of the molecule is COc1ccc2c(c1)C(=Cc1cc(C)c[nH]1)C(=O)N2. The summed E-state index contributed by atoms with van der Waals surface area (Å²) in [5, 5.41) is 2.85. The molecular formula is C15H14N2O2. The number of hydrogen-bond donors (Lipinski definition) is 2. The van der Waals surface area contributed by atoms with Gasteiger partial charge in [-0.25, -0.2) is 0 Å². The summed E-state index contributed by atoms with van der Waals surface area (Å²) in [4.78, 5) is 15.1. The molecule has 0 spiro atoms. The van der Waals surface area contributed by atoms with Crippen LogP contribution in [0.2, 0.25) is 0 Å². The molecule has 1 aliphatic heterocycles. The normalized spacial score (nSPS) is 15.5. The van der Waals surface area contributed by atoms with Gasteiger partial charge in [0.15, 0.2) is 0 Å². The summed E-state index contributed by atoms with van der Waals surface area (Å²) >= 11 is 0. The molecule has 1 aliphatic rings. The highest BCUT2D eigenvalue weighted by atomic mass is 16.5. The summed E-state index contributed by atoms with van der Waals surface area (Å²) in [6.07, 6.45) is 3.76. The fourth-order valence-electron chi connectivity index (χ4n) is 2.20. The maximum absolute atomic E-state index is 12.0. The van der Waals surface area contributed by atoms with Gasteiger partial charge < -0.3 is 15.0 Å². The molecule has 19 heavy (non-hydrogen) atoms. The van der Waals surface area contributed by atoms with Crippen LogP contribution in [0.15, 0.2) is 30.5 Å². The molecule has 0 aliphatic carbocycles. The molecule has 1 amide bonds. The smallest absolute Gasteiger partial charge is 0.256 e. The second-order valence-electron chi connectivity index (χ2n) is 4.56. The van der Waals surface area contributed by atoms with E-state index in [-0.39, 0.29) is 5.91 Å². The van der Waals surface area contributed by atoms with Gasteiger partial charge in [-0.2, -0.15) is 0 Å². The minimum absolute atomic E-state index is 0.0875. The maximum atomic E-state index is 12.0. The first kappa shape index (κ1) is 11.6. The van der Waals surface area contributed by atoms with Gasteiger partial charge in [-0.15, -0.1) is 0 Å². The summed E-state index contributed by atoms with van der Waals surface area (Å²) in [5.41, 5.74) is 4.39. The predicted molar refractivity (Wildman–Crippen MR) is 75.0 cm³/mol. The lowest BCUT2D eigenvalue weighted by molar-refractivity contribution is -0.110. The van der Waals surface area contributed by atoms with Crippen molar-refractivity contribution in [2.75, 3.05) is 12.4 Å². The van der Waals surface area contributed by atoms with Gasteiger partial charge >= 0.3 is 0 Å². The summed E-state index contributed by atoms with van der Waals surface area (Å²) in [6.45, 7) is 2.00. The van der Waals surface area contributed by atoms with E-state index in [0.29, 0.717) is 5.57 Å². The van der Waals surface area contributed by atoms with Crippen LogP contribution in [-0.2, 0) is 4.79 Å². The number of aromatic nitrogens is 1. The number of nitrogens with one attached hydrogen (secondary N) is 2. The molecule has 2 N–H and O–H groups in total. The Morgan fingerprint density at radius 1 is 1.26 bits per heavy atom. The minimum atomic E-state index is -0.0875. The number of aryl methyl sites for hydroxylation is 1. The first-order valence-corrected chi connectivity index (χ1v) is 6.04. The zero-order chi connectivity index (χ0) is 13.4. The van der Waals surface area contributed by atoms with Gasteiger partial charge in [0, 0.05) is 23.1 Å². The number of aromatic amines is 1. The highest BCUT2D eigenvalue weighted by Gasteiger charge is 2.24. The van der Waals surface area contributed by atoms with Crippen molar-refractivity contribution in [3.63, 3.8) is 0 Å². The third-order valence-electron chi connectivity index (χ3n) is 3.16. The zero-order valence-electron chi connectivity index (χ0n) is 10.8. The monoisotopic (exact) mass is 254 g/mol. The summed E-state index contributed by atoms with van der Waals surface area (Å²) in [7, 11) is 1.61. The Morgan fingerprint density at radius 2 is 2.11 bits per heavy atom. The third-order valence-corrected chi connectivity index (χ3v) is 3.16. The fourth-order valence-corrected chi connectivity index (χ4v) is 2.20. The van der Waals surface area contributed by atoms with Crippen LogP contribution in [0.5, 0.6) is 5.75 Å². The lowest BCUT2D eigenvalue weighted by Gasteiger charge is -2.02. The quantitative estimate of drug-likeness (QED) is 0.810. The van der Waals surface area contributed by atoms with E-state index in [4.69, 9.17) is 4.74 Å². The Kier molecular flexibility index (Phi) is 2.63. The summed E-state index contributed by atoms with van der Waals surface area (Å²) in [5.74, 6) is 0.652. The van der Waals surface area contributed by atoms with Crippen molar-refractivity contribution in [2.45, 2.75) is 6.92 Å². The number of carbonyl (C=O) groups is 1. The van der Waals surface area contributed by atoms with Gasteiger partial charge in [-0.3, -0.25) is 4.79 Å². The Morgan fingerprint density at radius 3 is 2.79 bits per heavy atom. The van der Waals surface area contributed by atoms with Gasteiger partial charge in [0.25, 0.3) is 5.91 Å². The number of fused-ring (bicyclic) bond motifs is 1. The average molecular weight is 254 g/mol. The standard InChI is InChI=1S/C15H14N2O2/c1-9-5-10(16-8-9)6-13-12-7-11(19-2)3-4-14(12)17-15(13)18/h3-8,16H,1-2H3,(H,17,18).